The molecule has 3 rings (SSSR count). The van der Waals surface area contributed by atoms with Gasteiger partial charge in [0.1, 0.15) is 5.82 Å². The minimum absolute atomic E-state index is 0.199. The Morgan fingerprint density at radius 3 is 2.74 bits per heavy atom. The fourth-order valence-corrected chi connectivity index (χ4v) is 2.80. The summed E-state index contributed by atoms with van der Waals surface area (Å²) in [6.07, 6.45) is 2.11. The van der Waals surface area contributed by atoms with Gasteiger partial charge in [0.2, 0.25) is 0 Å². The molecule has 1 aliphatic rings. The predicted octanol–water partition coefficient (Wildman–Crippen LogP) is 4.65. The molecule has 1 aliphatic heterocycles. The second-order valence-corrected chi connectivity index (χ2v) is 5.07. The van der Waals surface area contributed by atoms with Crippen LogP contribution in [-0.4, -0.2) is 6.54 Å². The SMILES string of the molecule is Fc1cc(CCl)ccc1N1CCCc2ccccc21. The van der Waals surface area contributed by atoms with Crippen LogP contribution in [0.4, 0.5) is 15.8 Å². The maximum Gasteiger partial charge on any atom is 0.147 e. The summed E-state index contributed by atoms with van der Waals surface area (Å²) in [7, 11) is 0. The van der Waals surface area contributed by atoms with Crippen LogP contribution < -0.4 is 4.90 Å². The number of halogens is 2. The molecule has 98 valence electrons. The van der Waals surface area contributed by atoms with Crippen molar-refractivity contribution >= 4 is 23.0 Å². The maximum atomic E-state index is 14.2. The van der Waals surface area contributed by atoms with Crippen LogP contribution in [0.2, 0.25) is 0 Å². The normalized spacial score (nSPS) is 14.3. The minimum atomic E-state index is -0.199. The molecule has 2 aromatic carbocycles. The highest BCUT2D eigenvalue weighted by atomic mass is 35.5. The molecule has 0 spiro atoms. The molecule has 0 radical (unpaired) electrons. The summed E-state index contributed by atoms with van der Waals surface area (Å²) in [5, 5.41) is 0. The molecule has 1 heterocycles. The van der Waals surface area contributed by atoms with E-state index in [0.717, 1.165) is 30.6 Å². The number of benzene rings is 2. The van der Waals surface area contributed by atoms with Gasteiger partial charge in [0.15, 0.2) is 0 Å². The van der Waals surface area contributed by atoms with Gasteiger partial charge in [-0.15, -0.1) is 11.6 Å². The number of aryl methyl sites for hydroxylation is 1. The zero-order valence-corrected chi connectivity index (χ0v) is 11.3. The summed E-state index contributed by atoms with van der Waals surface area (Å²) in [5.41, 5.74) is 3.86. The van der Waals surface area contributed by atoms with Gasteiger partial charge in [-0.3, -0.25) is 0 Å². The third-order valence-electron chi connectivity index (χ3n) is 3.57. The number of fused-ring (bicyclic) bond motifs is 1. The maximum absolute atomic E-state index is 14.2. The van der Waals surface area contributed by atoms with E-state index >= 15 is 0 Å². The highest BCUT2D eigenvalue weighted by Crippen LogP contribution is 2.34. The van der Waals surface area contributed by atoms with E-state index in [1.807, 2.05) is 24.3 Å². The van der Waals surface area contributed by atoms with E-state index in [1.165, 1.54) is 11.6 Å². The van der Waals surface area contributed by atoms with Crippen LogP contribution in [0.3, 0.4) is 0 Å². The van der Waals surface area contributed by atoms with E-state index in [4.69, 9.17) is 11.6 Å². The van der Waals surface area contributed by atoms with Crippen molar-refractivity contribution in [2.24, 2.45) is 0 Å². The van der Waals surface area contributed by atoms with E-state index < -0.39 is 0 Å². The molecule has 0 atom stereocenters. The Morgan fingerprint density at radius 2 is 1.95 bits per heavy atom. The highest BCUT2D eigenvalue weighted by molar-refractivity contribution is 6.17. The Balaban J connectivity index is 2.04. The molecule has 0 unspecified atom stereocenters. The van der Waals surface area contributed by atoms with E-state index in [-0.39, 0.29) is 5.82 Å². The average molecular weight is 276 g/mol. The van der Waals surface area contributed by atoms with Crippen molar-refractivity contribution in [1.82, 2.24) is 0 Å². The van der Waals surface area contributed by atoms with Crippen molar-refractivity contribution in [3.63, 3.8) is 0 Å². The van der Waals surface area contributed by atoms with Crippen molar-refractivity contribution < 1.29 is 4.39 Å². The molecular formula is C16H15ClFN. The third-order valence-corrected chi connectivity index (χ3v) is 3.88. The van der Waals surface area contributed by atoms with Crippen LogP contribution in [0.15, 0.2) is 42.5 Å². The first-order valence-corrected chi connectivity index (χ1v) is 7.03. The van der Waals surface area contributed by atoms with E-state index in [0.29, 0.717) is 11.6 Å². The topological polar surface area (TPSA) is 3.24 Å². The quantitative estimate of drug-likeness (QED) is 0.721. The summed E-state index contributed by atoms with van der Waals surface area (Å²) < 4.78 is 14.2. The summed E-state index contributed by atoms with van der Waals surface area (Å²) in [6.45, 7) is 0.855. The average Bonchev–Trinajstić information content (AvgIpc) is 2.46. The van der Waals surface area contributed by atoms with Gasteiger partial charge in [-0.2, -0.15) is 0 Å². The summed E-state index contributed by atoms with van der Waals surface area (Å²) >= 11 is 5.74. The number of hydrogen-bond donors (Lipinski definition) is 0. The van der Waals surface area contributed by atoms with Gasteiger partial charge in [0.05, 0.1) is 5.69 Å². The molecule has 1 nitrogen and oxygen atoms in total. The molecule has 0 bridgehead atoms. The lowest BCUT2D eigenvalue weighted by atomic mass is 10.0. The van der Waals surface area contributed by atoms with Gasteiger partial charge in [0.25, 0.3) is 0 Å². The molecule has 0 aliphatic carbocycles. The predicted molar refractivity (Wildman–Crippen MR) is 77.7 cm³/mol. The Hall–Kier alpha value is -1.54. The summed E-state index contributed by atoms with van der Waals surface area (Å²) in [4.78, 5) is 2.06. The van der Waals surface area contributed by atoms with Gasteiger partial charge < -0.3 is 4.90 Å². The van der Waals surface area contributed by atoms with Crippen LogP contribution >= 0.6 is 11.6 Å². The van der Waals surface area contributed by atoms with Crippen molar-refractivity contribution in [3.8, 4) is 0 Å². The number of nitrogens with zero attached hydrogens (tertiary/aromatic N) is 1. The zero-order chi connectivity index (χ0) is 13.2. The van der Waals surface area contributed by atoms with Crippen LogP contribution in [-0.2, 0) is 12.3 Å². The van der Waals surface area contributed by atoms with Crippen LogP contribution in [0.25, 0.3) is 0 Å². The largest absolute Gasteiger partial charge is 0.339 e. The van der Waals surface area contributed by atoms with Crippen molar-refractivity contribution in [2.45, 2.75) is 18.7 Å². The highest BCUT2D eigenvalue weighted by Gasteiger charge is 2.20. The Kier molecular flexibility index (Phi) is 3.43. The van der Waals surface area contributed by atoms with E-state index in [9.17, 15) is 4.39 Å². The lowest BCUT2D eigenvalue weighted by molar-refractivity contribution is 0.619. The smallest absolute Gasteiger partial charge is 0.147 e. The van der Waals surface area contributed by atoms with E-state index in [1.54, 1.807) is 0 Å². The molecule has 0 saturated carbocycles. The number of anilines is 2. The lowest BCUT2D eigenvalue weighted by Gasteiger charge is -2.31. The molecule has 0 N–H and O–H groups in total. The second kappa shape index (κ2) is 5.22. The van der Waals surface area contributed by atoms with E-state index in [2.05, 4.69) is 17.0 Å². The molecule has 0 saturated heterocycles. The van der Waals surface area contributed by atoms with Gasteiger partial charge in [-0.1, -0.05) is 24.3 Å². The first kappa shape index (κ1) is 12.5. The van der Waals surface area contributed by atoms with Crippen LogP contribution in [0.5, 0.6) is 0 Å². The monoisotopic (exact) mass is 275 g/mol. The minimum Gasteiger partial charge on any atom is -0.339 e. The first-order chi connectivity index (χ1) is 9.29. The standard InChI is InChI=1S/C16H15ClFN/c17-11-12-7-8-16(14(18)10-12)19-9-3-5-13-4-1-2-6-15(13)19/h1-2,4,6-8,10H,3,5,9,11H2. The lowest BCUT2D eigenvalue weighted by Crippen LogP contribution is -2.25. The van der Waals surface area contributed by atoms with Gasteiger partial charge in [-0.25, -0.2) is 4.39 Å². The summed E-state index contributed by atoms with van der Waals surface area (Å²) in [6, 6.07) is 13.5. The van der Waals surface area contributed by atoms with Crippen LogP contribution in [0.1, 0.15) is 17.5 Å². The van der Waals surface area contributed by atoms with Gasteiger partial charge in [-0.05, 0) is 42.2 Å². The van der Waals surface area contributed by atoms with Crippen molar-refractivity contribution in [2.75, 3.05) is 11.4 Å². The molecule has 0 aromatic heterocycles. The van der Waals surface area contributed by atoms with Crippen LogP contribution in [0, 0.1) is 5.82 Å². The molecule has 0 fully saturated rings. The Bertz CT molecular complexity index is 597. The number of hydrogen-bond acceptors (Lipinski definition) is 1. The first-order valence-electron chi connectivity index (χ1n) is 6.49. The molecule has 19 heavy (non-hydrogen) atoms. The number of rotatable bonds is 2. The number of alkyl halides is 1. The molecule has 0 amide bonds. The number of para-hydroxylation sites is 1. The third kappa shape index (κ3) is 2.33. The zero-order valence-electron chi connectivity index (χ0n) is 10.6. The molecule has 2 aromatic rings. The second-order valence-electron chi connectivity index (χ2n) is 4.80. The fourth-order valence-electron chi connectivity index (χ4n) is 2.64. The fraction of sp³-hybridized carbons (Fsp3) is 0.250. The van der Waals surface area contributed by atoms with Gasteiger partial charge >= 0.3 is 0 Å². The van der Waals surface area contributed by atoms with Gasteiger partial charge in [0, 0.05) is 18.1 Å². The Morgan fingerprint density at radius 1 is 1.11 bits per heavy atom. The van der Waals surface area contributed by atoms with Crippen molar-refractivity contribution in [1.29, 1.82) is 0 Å². The molecular weight excluding hydrogens is 261 g/mol. The Labute approximate surface area is 117 Å². The molecule has 3 heteroatoms. The summed E-state index contributed by atoms with van der Waals surface area (Å²) in [5.74, 6) is 0.142. The van der Waals surface area contributed by atoms with Crippen molar-refractivity contribution in [3.05, 3.63) is 59.4 Å².